The fourth-order valence-electron chi connectivity index (χ4n) is 1.05. The molecule has 8 heteroatoms. The van der Waals surface area contributed by atoms with Crippen molar-refractivity contribution in [2.45, 2.75) is 0 Å². The lowest BCUT2D eigenvalue weighted by Crippen LogP contribution is -2.25. The Labute approximate surface area is 86.2 Å². The first kappa shape index (κ1) is 12.6. The molecule has 0 spiro atoms. The maximum Gasteiger partial charge on any atom is 0.359 e. The Morgan fingerprint density at radius 1 is 1.07 bits per heavy atom. The average Bonchev–Trinajstić information content (AvgIpc) is 2.16. The third-order valence-corrected chi connectivity index (χ3v) is 4.44. The van der Waals surface area contributed by atoms with Crippen molar-refractivity contribution >= 4 is 25.8 Å². The quantitative estimate of drug-likeness (QED) is 0.651. The van der Waals surface area contributed by atoms with Crippen molar-refractivity contribution in [2.75, 3.05) is 7.11 Å². The highest BCUT2D eigenvalue weighted by Gasteiger charge is 2.31. The Bertz CT molecular complexity index is 451. The number of hydrogen-bond donors (Lipinski definition) is 3. The molecule has 0 saturated carbocycles. The lowest BCUT2D eigenvalue weighted by atomic mass is 10.4. The summed E-state index contributed by atoms with van der Waals surface area (Å²) in [5.41, 5.74) is 0. The topological polar surface area (TPSA) is 104 Å². The summed E-state index contributed by atoms with van der Waals surface area (Å²) in [6.07, 6.45) is 0. The van der Waals surface area contributed by atoms with Crippen LogP contribution >= 0.6 is 15.2 Å². The van der Waals surface area contributed by atoms with Crippen LogP contribution in [0.15, 0.2) is 24.3 Å². The van der Waals surface area contributed by atoms with Gasteiger partial charge in [0.25, 0.3) is 0 Å². The summed E-state index contributed by atoms with van der Waals surface area (Å²) in [5, 5.41) is -0.862. The van der Waals surface area contributed by atoms with Crippen molar-refractivity contribution in [1.29, 1.82) is 0 Å². The van der Waals surface area contributed by atoms with E-state index >= 15 is 0 Å². The average molecular weight is 252 g/mol. The van der Waals surface area contributed by atoms with Crippen molar-refractivity contribution in [2.24, 2.45) is 0 Å². The lowest BCUT2D eigenvalue weighted by Gasteiger charge is -2.14. The van der Waals surface area contributed by atoms with Gasteiger partial charge in [-0.1, -0.05) is 12.1 Å². The number of rotatable bonds is 3. The van der Waals surface area contributed by atoms with Gasteiger partial charge in [-0.2, -0.15) is 0 Å². The summed E-state index contributed by atoms with van der Waals surface area (Å²) in [7, 11) is -7.73. The predicted molar refractivity (Wildman–Crippen MR) is 54.6 cm³/mol. The monoisotopic (exact) mass is 252 g/mol. The van der Waals surface area contributed by atoms with E-state index in [1.165, 1.54) is 12.1 Å². The normalized spacial score (nSPS) is 16.0. The molecule has 1 atom stereocenters. The molecule has 0 aliphatic heterocycles. The summed E-state index contributed by atoms with van der Waals surface area (Å²) in [4.78, 5) is 27.2. The van der Waals surface area contributed by atoms with Gasteiger partial charge >= 0.3 is 15.2 Å². The molecule has 3 N–H and O–H groups in total. The van der Waals surface area contributed by atoms with Crippen molar-refractivity contribution in [3.8, 4) is 0 Å². The van der Waals surface area contributed by atoms with E-state index in [0.717, 1.165) is 19.2 Å². The van der Waals surface area contributed by atoms with E-state index in [2.05, 4.69) is 4.52 Å². The Kier molecular flexibility index (Phi) is 3.51. The van der Waals surface area contributed by atoms with E-state index in [4.69, 9.17) is 9.79 Å². The molecule has 0 saturated heterocycles. The van der Waals surface area contributed by atoms with Crippen molar-refractivity contribution < 1.29 is 28.3 Å². The zero-order valence-electron chi connectivity index (χ0n) is 7.77. The largest absolute Gasteiger partial charge is 0.359 e. The Hall–Kier alpha value is -0.480. The molecule has 84 valence electrons. The minimum atomic E-state index is -4.58. The van der Waals surface area contributed by atoms with Crippen LogP contribution in [0.2, 0.25) is 0 Å². The first-order valence-electron chi connectivity index (χ1n) is 3.83. The van der Waals surface area contributed by atoms with Gasteiger partial charge < -0.3 is 19.2 Å². The second-order valence-electron chi connectivity index (χ2n) is 2.74. The van der Waals surface area contributed by atoms with E-state index in [1.54, 1.807) is 0 Å². The summed E-state index contributed by atoms with van der Waals surface area (Å²) < 4.78 is 26.8. The van der Waals surface area contributed by atoms with Crippen LogP contribution in [0, 0.1) is 0 Å². The second-order valence-corrected chi connectivity index (χ2v) is 6.19. The predicted octanol–water partition coefficient (Wildman–Crippen LogP) is -0.0533. The molecule has 0 amide bonds. The van der Waals surface area contributed by atoms with Gasteiger partial charge in [0.1, 0.15) is 0 Å². The van der Waals surface area contributed by atoms with Crippen LogP contribution in [0.5, 0.6) is 0 Å². The SMILES string of the molecule is COP(=O)(O)c1ccccc1P(=O)(O)O. The van der Waals surface area contributed by atoms with Crippen molar-refractivity contribution in [3.05, 3.63) is 24.3 Å². The zero-order valence-corrected chi connectivity index (χ0v) is 9.56. The molecule has 0 fully saturated rings. The standard InChI is InChI=1S/C7H10O6P2/c1-13-15(11,12)7-5-3-2-4-6(7)14(8,9)10/h2-5H,1H3,(H,11,12)(H2,8,9,10). The maximum absolute atomic E-state index is 11.4. The van der Waals surface area contributed by atoms with Crippen molar-refractivity contribution in [1.82, 2.24) is 0 Å². The molecule has 1 rings (SSSR count). The first-order valence-corrected chi connectivity index (χ1v) is 7.02. The molecular formula is C7H10O6P2. The smallest absolute Gasteiger partial charge is 0.321 e. The molecule has 6 nitrogen and oxygen atoms in total. The van der Waals surface area contributed by atoms with Crippen LogP contribution in [-0.4, -0.2) is 21.8 Å². The molecule has 15 heavy (non-hydrogen) atoms. The molecule has 1 unspecified atom stereocenters. The third kappa shape index (κ3) is 2.75. The van der Waals surface area contributed by atoms with Crippen LogP contribution in [0.1, 0.15) is 0 Å². The van der Waals surface area contributed by atoms with E-state index in [9.17, 15) is 14.0 Å². The van der Waals surface area contributed by atoms with Crippen LogP contribution in [0.25, 0.3) is 0 Å². The van der Waals surface area contributed by atoms with Gasteiger partial charge in [-0.05, 0) is 12.1 Å². The summed E-state index contributed by atoms with van der Waals surface area (Å²) in [6, 6.07) is 5.01. The highest BCUT2D eigenvalue weighted by Crippen LogP contribution is 2.43. The minimum absolute atomic E-state index is 0.374. The summed E-state index contributed by atoms with van der Waals surface area (Å²) >= 11 is 0. The highest BCUT2D eigenvalue weighted by molar-refractivity contribution is 7.67. The van der Waals surface area contributed by atoms with Crippen LogP contribution in [0.4, 0.5) is 0 Å². The number of hydrogen-bond acceptors (Lipinski definition) is 3. The van der Waals surface area contributed by atoms with E-state index in [-0.39, 0.29) is 5.30 Å². The third-order valence-electron chi connectivity index (χ3n) is 1.75. The summed E-state index contributed by atoms with van der Waals surface area (Å²) in [6.45, 7) is 0. The molecule has 0 aliphatic rings. The van der Waals surface area contributed by atoms with Gasteiger partial charge in [0.05, 0.1) is 10.6 Å². The van der Waals surface area contributed by atoms with Gasteiger partial charge in [0.15, 0.2) is 0 Å². The van der Waals surface area contributed by atoms with Gasteiger partial charge in [-0.25, -0.2) is 0 Å². The lowest BCUT2D eigenvalue weighted by molar-refractivity contribution is 0.327. The molecule has 0 bridgehead atoms. The van der Waals surface area contributed by atoms with Crippen LogP contribution < -0.4 is 10.6 Å². The molecule has 0 radical (unpaired) electrons. The minimum Gasteiger partial charge on any atom is -0.321 e. The van der Waals surface area contributed by atoms with Gasteiger partial charge in [0, 0.05) is 7.11 Å². The zero-order chi connectivity index (χ0) is 11.7. The number of benzene rings is 1. The van der Waals surface area contributed by atoms with Crippen LogP contribution in [-0.2, 0) is 13.7 Å². The van der Waals surface area contributed by atoms with Gasteiger partial charge in [-0.3, -0.25) is 9.13 Å². The van der Waals surface area contributed by atoms with Crippen molar-refractivity contribution in [3.63, 3.8) is 0 Å². The molecule has 1 aromatic carbocycles. The van der Waals surface area contributed by atoms with Crippen LogP contribution in [0.3, 0.4) is 0 Å². The second kappa shape index (κ2) is 4.18. The fourth-order valence-corrected chi connectivity index (χ4v) is 3.31. The van der Waals surface area contributed by atoms with E-state index in [1.807, 2.05) is 0 Å². The fraction of sp³-hybridized carbons (Fsp3) is 0.143. The Balaban J connectivity index is 3.44. The maximum atomic E-state index is 11.4. The van der Waals surface area contributed by atoms with E-state index < -0.39 is 20.5 Å². The van der Waals surface area contributed by atoms with Gasteiger partial charge in [-0.15, -0.1) is 0 Å². The molecule has 0 heterocycles. The molecule has 0 aromatic heterocycles. The Morgan fingerprint density at radius 2 is 1.53 bits per heavy atom. The molecule has 0 aliphatic carbocycles. The molecule has 1 aromatic rings. The molecular weight excluding hydrogens is 242 g/mol. The first-order chi connectivity index (χ1) is 6.79. The summed E-state index contributed by atoms with van der Waals surface area (Å²) in [5.74, 6) is 0. The van der Waals surface area contributed by atoms with E-state index in [0.29, 0.717) is 0 Å². The van der Waals surface area contributed by atoms with Gasteiger partial charge in [0.2, 0.25) is 0 Å². The highest BCUT2D eigenvalue weighted by atomic mass is 31.2. The Morgan fingerprint density at radius 3 is 1.93 bits per heavy atom.